The number of para-hydroxylation sites is 1. The SMILES string of the molecule is O=C(C=CO)c1nc2ccccc2s1.[Na]. The third kappa shape index (κ3) is 2.66. The van der Waals surface area contributed by atoms with Gasteiger partial charge in [-0.05, 0) is 12.1 Å². The van der Waals surface area contributed by atoms with Crippen LogP contribution in [0.3, 0.4) is 0 Å². The smallest absolute Gasteiger partial charge is 0.217 e. The van der Waals surface area contributed by atoms with Gasteiger partial charge in [-0.1, -0.05) is 12.1 Å². The number of carbonyl (C=O) groups is 1. The molecule has 0 aliphatic carbocycles. The second kappa shape index (κ2) is 5.42. The Morgan fingerprint density at radius 2 is 2.13 bits per heavy atom. The van der Waals surface area contributed by atoms with E-state index in [4.69, 9.17) is 5.11 Å². The van der Waals surface area contributed by atoms with Crippen molar-refractivity contribution in [3.63, 3.8) is 0 Å². The molecule has 0 fully saturated rings. The molecule has 0 aliphatic rings. The number of fused-ring (bicyclic) bond motifs is 1. The molecule has 2 rings (SSSR count). The van der Waals surface area contributed by atoms with Gasteiger partial charge in [0.15, 0.2) is 5.01 Å². The van der Waals surface area contributed by atoms with Gasteiger partial charge in [0.05, 0.1) is 16.5 Å². The predicted molar refractivity (Wildman–Crippen MR) is 61.5 cm³/mol. The zero-order valence-corrected chi connectivity index (χ0v) is 11.0. The molecule has 1 aromatic heterocycles. The van der Waals surface area contributed by atoms with Crippen LogP contribution < -0.4 is 0 Å². The minimum Gasteiger partial charge on any atom is -0.515 e. The zero-order chi connectivity index (χ0) is 9.97. The maximum Gasteiger partial charge on any atom is 0.217 e. The molecule has 0 atom stereocenters. The topological polar surface area (TPSA) is 50.2 Å². The van der Waals surface area contributed by atoms with Crippen LogP contribution in [0, 0.1) is 0 Å². The second-order valence-corrected chi connectivity index (χ2v) is 3.70. The van der Waals surface area contributed by atoms with Gasteiger partial charge in [0.2, 0.25) is 5.78 Å². The van der Waals surface area contributed by atoms with Gasteiger partial charge in [-0.25, -0.2) is 4.98 Å². The zero-order valence-electron chi connectivity index (χ0n) is 8.18. The number of aromatic nitrogens is 1. The summed E-state index contributed by atoms with van der Waals surface area (Å²) in [6.07, 6.45) is 1.83. The van der Waals surface area contributed by atoms with Crippen molar-refractivity contribution < 1.29 is 9.90 Å². The van der Waals surface area contributed by atoms with Gasteiger partial charge in [-0.15, -0.1) is 11.3 Å². The normalized spacial score (nSPS) is 10.4. The molecule has 71 valence electrons. The standard InChI is InChI=1S/C10H7NO2S.Na/c12-6-5-8(13)10-11-7-3-1-2-4-9(7)14-10;/h1-6,12H;. The molecule has 0 aliphatic heterocycles. The van der Waals surface area contributed by atoms with Crippen LogP contribution >= 0.6 is 11.3 Å². The summed E-state index contributed by atoms with van der Waals surface area (Å²) >= 11 is 1.32. The van der Waals surface area contributed by atoms with E-state index in [9.17, 15) is 4.79 Å². The molecule has 0 bridgehead atoms. The van der Waals surface area contributed by atoms with E-state index in [2.05, 4.69) is 4.98 Å². The third-order valence-corrected chi connectivity index (χ3v) is 2.78. The molecule has 5 heteroatoms. The molecule has 0 unspecified atom stereocenters. The summed E-state index contributed by atoms with van der Waals surface area (Å²) in [4.78, 5) is 15.5. The van der Waals surface area contributed by atoms with Crippen LogP contribution in [0.5, 0.6) is 0 Å². The molecule has 2 aromatic rings. The van der Waals surface area contributed by atoms with Crippen molar-refractivity contribution >= 4 is 56.9 Å². The minimum absolute atomic E-state index is 0. The number of allylic oxidation sites excluding steroid dienone is 1. The van der Waals surface area contributed by atoms with E-state index in [-0.39, 0.29) is 35.3 Å². The van der Waals surface area contributed by atoms with Crippen LogP contribution in [0.2, 0.25) is 0 Å². The number of carbonyl (C=O) groups excluding carboxylic acids is 1. The van der Waals surface area contributed by atoms with Gasteiger partial charge in [-0.3, -0.25) is 4.79 Å². The summed E-state index contributed by atoms with van der Waals surface area (Å²) in [5.41, 5.74) is 0.812. The average Bonchev–Trinajstić information content (AvgIpc) is 2.61. The molecule has 1 aromatic carbocycles. The van der Waals surface area contributed by atoms with Crippen LogP contribution in [0.1, 0.15) is 9.80 Å². The van der Waals surface area contributed by atoms with Crippen molar-refractivity contribution in [2.45, 2.75) is 0 Å². The largest absolute Gasteiger partial charge is 0.515 e. The van der Waals surface area contributed by atoms with Crippen LogP contribution in [0.4, 0.5) is 0 Å². The molecular weight excluding hydrogens is 221 g/mol. The average molecular weight is 228 g/mol. The molecule has 0 saturated carbocycles. The van der Waals surface area contributed by atoms with Crippen LogP contribution in [-0.2, 0) is 0 Å². The van der Waals surface area contributed by atoms with Gasteiger partial charge in [-0.2, -0.15) is 0 Å². The summed E-state index contributed by atoms with van der Waals surface area (Å²) in [5.74, 6) is -0.270. The van der Waals surface area contributed by atoms with Crippen LogP contribution in [0.15, 0.2) is 36.6 Å². The van der Waals surface area contributed by atoms with Crippen molar-refractivity contribution in [2.75, 3.05) is 0 Å². The maximum absolute atomic E-state index is 11.3. The van der Waals surface area contributed by atoms with E-state index in [1.165, 1.54) is 11.3 Å². The Labute approximate surface area is 113 Å². The number of thiazole rings is 1. The first-order valence-electron chi connectivity index (χ1n) is 4.02. The van der Waals surface area contributed by atoms with Gasteiger partial charge in [0.25, 0.3) is 0 Å². The molecular formula is C10H7NNaO2S. The van der Waals surface area contributed by atoms with Crippen molar-refractivity contribution in [1.82, 2.24) is 4.98 Å². The number of ketones is 1. The number of aliphatic hydroxyl groups is 1. The van der Waals surface area contributed by atoms with Gasteiger partial charge < -0.3 is 5.11 Å². The number of rotatable bonds is 2. The first-order valence-corrected chi connectivity index (χ1v) is 4.83. The number of nitrogens with zero attached hydrogens (tertiary/aromatic N) is 1. The molecule has 1 heterocycles. The molecule has 1 radical (unpaired) electrons. The summed E-state index contributed by atoms with van der Waals surface area (Å²) in [7, 11) is 0. The summed E-state index contributed by atoms with van der Waals surface area (Å²) in [6, 6.07) is 7.53. The monoisotopic (exact) mass is 228 g/mol. The third-order valence-electron chi connectivity index (χ3n) is 1.73. The van der Waals surface area contributed by atoms with Crippen molar-refractivity contribution in [3.8, 4) is 0 Å². The van der Waals surface area contributed by atoms with Gasteiger partial charge >= 0.3 is 0 Å². The quantitative estimate of drug-likeness (QED) is 0.371. The fourth-order valence-corrected chi connectivity index (χ4v) is 2.00. The Morgan fingerprint density at radius 1 is 1.40 bits per heavy atom. The first kappa shape index (κ1) is 12.4. The Hall–Kier alpha value is -0.680. The Kier molecular flexibility index (Phi) is 4.47. The summed E-state index contributed by atoms with van der Waals surface area (Å²) in [6.45, 7) is 0. The van der Waals surface area contributed by atoms with E-state index in [0.29, 0.717) is 5.01 Å². The minimum atomic E-state index is -0.270. The maximum atomic E-state index is 11.3. The van der Waals surface area contributed by atoms with E-state index < -0.39 is 0 Å². The molecule has 0 saturated heterocycles. The summed E-state index contributed by atoms with van der Waals surface area (Å²) < 4.78 is 0.974. The van der Waals surface area contributed by atoms with Crippen LogP contribution in [-0.4, -0.2) is 45.4 Å². The number of aliphatic hydroxyl groups excluding tert-OH is 1. The second-order valence-electron chi connectivity index (χ2n) is 2.67. The van der Waals surface area contributed by atoms with Crippen molar-refractivity contribution in [1.29, 1.82) is 0 Å². The molecule has 1 N–H and O–H groups in total. The first-order chi connectivity index (χ1) is 6.81. The molecule has 0 amide bonds. The van der Waals surface area contributed by atoms with E-state index in [1.807, 2.05) is 24.3 Å². The fourth-order valence-electron chi connectivity index (χ4n) is 1.12. The number of hydrogen-bond donors (Lipinski definition) is 1. The Morgan fingerprint density at radius 3 is 2.80 bits per heavy atom. The van der Waals surface area contributed by atoms with Gasteiger partial charge in [0, 0.05) is 35.6 Å². The Balaban J connectivity index is 0.00000112. The number of hydrogen-bond acceptors (Lipinski definition) is 4. The Bertz CT molecular complexity index is 474. The van der Waals surface area contributed by atoms with Crippen LogP contribution in [0.25, 0.3) is 10.2 Å². The van der Waals surface area contributed by atoms with Crippen molar-refractivity contribution in [3.05, 3.63) is 41.6 Å². The molecule has 3 nitrogen and oxygen atoms in total. The summed E-state index contributed by atoms with van der Waals surface area (Å²) in [5, 5.41) is 8.85. The number of benzene rings is 1. The fraction of sp³-hybridized carbons (Fsp3) is 0. The molecule has 15 heavy (non-hydrogen) atoms. The van der Waals surface area contributed by atoms with Crippen molar-refractivity contribution in [2.24, 2.45) is 0 Å². The van der Waals surface area contributed by atoms with E-state index in [1.54, 1.807) is 0 Å². The van der Waals surface area contributed by atoms with E-state index in [0.717, 1.165) is 22.6 Å². The molecule has 0 spiro atoms. The van der Waals surface area contributed by atoms with Gasteiger partial charge in [0.1, 0.15) is 0 Å². The van der Waals surface area contributed by atoms with E-state index >= 15 is 0 Å². The predicted octanol–water partition coefficient (Wildman–Crippen LogP) is 2.17.